The maximum atomic E-state index is 14.7. The molecular weight excluding hydrogens is 413 g/mol. The van der Waals surface area contributed by atoms with Gasteiger partial charge in [0.1, 0.15) is 11.6 Å². The van der Waals surface area contributed by atoms with Crippen LogP contribution in [0, 0.1) is 5.82 Å². The second kappa shape index (κ2) is 8.51. The number of piperidine rings is 1. The van der Waals surface area contributed by atoms with Crippen LogP contribution in [0.1, 0.15) is 23.2 Å². The van der Waals surface area contributed by atoms with Crippen molar-refractivity contribution >= 4 is 17.4 Å². The summed E-state index contributed by atoms with van der Waals surface area (Å²) in [6.07, 6.45) is 1.74. The number of carbonyl (C=O) groups is 1. The number of aromatic nitrogens is 2. The third-order valence-electron chi connectivity index (χ3n) is 5.79. The number of hydrogen-bond acceptors (Lipinski definition) is 6. The number of hydrogen-bond donors (Lipinski definition) is 3. The zero-order valence-corrected chi connectivity index (χ0v) is 17.7. The molecule has 0 bridgehead atoms. The van der Waals surface area contributed by atoms with E-state index in [0.29, 0.717) is 28.7 Å². The molecule has 1 aromatic heterocycles. The molecule has 32 heavy (non-hydrogen) atoms. The zero-order valence-electron chi connectivity index (χ0n) is 17.7. The molecule has 9 heteroatoms. The number of amides is 1. The number of nitrogens with one attached hydrogen (secondary N) is 3. The van der Waals surface area contributed by atoms with Gasteiger partial charge in [-0.3, -0.25) is 9.89 Å². The molecule has 3 heterocycles. The number of H-pyrrole nitrogens is 1. The van der Waals surface area contributed by atoms with Crippen LogP contribution in [0.15, 0.2) is 42.5 Å². The van der Waals surface area contributed by atoms with Gasteiger partial charge in [-0.1, -0.05) is 0 Å². The summed E-state index contributed by atoms with van der Waals surface area (Å²) in [5, 5.41) is 13.2. The fraction of sp³-hybridized carbons (Fsp3) is 0.304. The summed E-state index contributed by atoms with van der Waals surface area (Å²) < 4.78 is 25.4. The third kappa shape index (κ3) is 4.24. The van der Waals surface area contributed by atoms with Crippen LogP contribution in [-0.4, -0.2) is 54.0 Å². The lowest BCUT2D eigenvalue weighted by Crippen LogP contribution is -2.43. The van der Waals surface area contributed by atoms with Gasteiger partial charge in [0.15, 0.2) is 11.5 Å². The Morgan fingerprint density at radius 2 is 1.94 bits per heavy atom. The molecule has 0 spiro atoms. The average molecular weight is 437 g/mol. The number of aromatic amines is 1. The number of likely N-dealkylation sites (tertiary alicyclic amines) is 1. The SMILES string of the molecule is CN1CCC(NC(=O)c2ccc(Nc3cc(-c4ccc5c(c4)OCO5)n[nH]3)cc2F)CC1. The van der Waals surface area contributed by atoms with Crippen LogP contribution in [0.5, 0.6) is 11.5 Å². The monoisotopic (exact) mass is 437 g/mol. The molecule has 166 valence electrons. The van der Waals surface area contributed by atoms with Gasteiger partial charge in [-0.05, 0) is 69.4 Å². The largest absolute Gasteiger partial charge is 0.454 e. The average Bonchev–Trinajstić information content (AvgIpc) is 3.44. The maximum Gasteiger partial charge on any atom is 0.254 e. The van der Waals surface area contributed by atoms with Crippen LogP contribution in [0.3, 0.4) is 0 Å². The van der Waals surface area contributed by atoms with Crippen molar-refractivity contribution in [3.05, 3.63) is 53.8 Å². The molecule has 2 aliphatic rings. The van der Waals surface area contributed by atoms with E-state index in [1.165, 1.54) is 12.1 Å². The number of ether oxygens (including phenoxy) is 2. The van der Waals surface area contributed by atoms with Crippen molar-refractivity contribution in [2.75, 3.05) is 32.2 Å². The zero-order chi connectivity index (χ0) is 22.1. The van der Waals surface area contributed by atoms with Crippen molar-refractivity contribution in [2.24, 2.45) is 0 Å². The molecule has 0 radical (unpaired) electrons. The summed E-state index contributed by atoms with van der Waals surface area (Å²) in [6, 6.07) is 12.0. The first-order chi connectivity index (χ1) is 15.5. The number of fused-ring (bicyclic) bond motifs is 1. The van der Waals surface area contributed by atoms with Gasteiger partial charge in [0.2, 0.25) is 6.79 Å². The summed E-state index contributed by atoms with van der Waals surface area (Å²) in [6.45, 7) is 2.06. The number of rotatable bonds is 5. The highest BCUT2D eigenvalue weighted by Gasteiger charge is 2.21. The predicted molar refractivity (Wildman–Crippen MR) is 118 cm³/mol. The van der Waals surface area contributed by atoms with Gasteiger partial charge in [-0.25, -0.2) is 4.39 Å². The van der Waals surface area contributed by atoms with Crippen LogP contribution in [0.25, 0.3) is 11.3 Å². The van der Waals surface area contributed by atoms with E-state index in [2.05, 4.69) is 32.8 Å². The molecule has 2 aliphatic heterocycles. The molecule has 1 saturated heterocycles. The summed E-state index contributed by atoms with van der Waals surface area (Å²) in [4.78, 5) is 14.7. The highest BCUT2D eigenvalue weighted by atomic mass is 19.1. The van der Waals surface area contributed by atoms with Crippen LogP contribution in [0.2, 0.25) is 0 Å². The van der Waals surface area contributed by atoms with Crippen LogP contribution in [-0.2, 0) is 0 Å². The Hall–Kier alpha value is -3.59. The maximum absolute atomic E-state index is 14.7. The van der Waals surface area contributed by atoms with E-state index >= 15 is 0 Å². The number of nitrogens with zero attached hydrogens (tertiary/aromatic N) is 2. The molecule has 3 aromatic rings. The summed E-state index contributed by atoms with van der Waals surface area (Å²) in [7, 11) is 2.06. The number of benzene rings is 2. The van der Waals surface area contributed by atoms with E-state index in [4.69, 9.17) is 9.47 Å². The highest BCUT2D eigenvalue weighted by Crippen LogP contribution is 2.36. The molecule has 5 rings (SSSR count). The van der Waals surface area contributed by atoms with Gasteiger partial charge >= 0.3 is 0 Å². The molecule has 0 atom stereocenters. The molecule has 1 amide bonds. The Labute approximate surface area is 184 Å². The molecule has 0 saturated carbocycles. The molecule has 8 nitrogen and oxygen atoms in total. The first kappa shape index (κ1) is 20.3. The van der Waals surface area contributed by atoms with E-state index in [-0.39, 0.29) is 24.3 Å². The quantitative estimate of drug-likeness (QED) is 0.566. The van der Waals surface area contributed by atoms with E-state index < -0.39 is 5.82 Å². The molecule has 2 aromatic carbocycles. The van der Waals surface area contributed by atoms with Crippen molar-refractivity contribution in [3.63, 3.8) is 0 Å². The highest BCUT2D eigenvalue weighted by molar-refractivity contribution is 5.95. The van der Waals surface area contributed by atoms with Gasteiger partial charge in [-0.15, -0.1) is 0 Å². The Kier molecular flexibility index (Phi) is 5.40. The van der Waals surface area contributed by atoms with E-state index in [1.807, 2.05) is 24.3 Å². The number of anilines is 2. The molecule has 1 fully saturated rings. The van der Waals surface area contributed by atoms with Gasteiger partial charge in [0, 0.05) is 23.4 Å². The smallest absolute Gasteiger partial charge is 0.254 e. The van der Waals surface area contributed by atoms with Crippen LogP contribution in [0.4, 0.5) is 15.9 Å². The van der Waals surface area contributed by atoms with Gasteiger partial charge in [-0.2, -0.15) is 5.10 Å². The fourth-order valence-corrected chi connectivity index (χ4v) is 3.94. The molecule has 3 N–H and O–H groups in total. The van der Waals surface area contributed by atoms with Crippen molar-refractivity contribution in [1.82, 2.24) is 20.4 Å². The standard InChI is InChI=1S/C23H24FN5O3/c1-29-8-6-15(7-9-29)26-23(30)17-4-3-16(11-18(17)24)25-22-12-19(27-28-22)14-2-5-20-21(10-14)32-13-31-20/h2-5,10-12,15H,6-9,13H2,1H3,(H,26,30)(H2,25,27,28). The second-order valence-corrected chi connectivity index (χ2v) is 8.11. The van der Waals surface area contributed by atoms with Crippen LogP contribution < -0.4 is 20.1 Å². The van der Waals surface area contributed by atoms with Gasteiger partial charge in [0.25, 0.3) is 5.91 Å². The predicted octanol–water partition coefficient (Wildman–Crippen LogP) is 3.51. The minimum atomic E-state index is -0.573. The summed E-state index contributed by atoms with van der Waals surface area (Å²) >= 11 is 0. The normalized spacial score (nSPS) is 16.2. The first-order valence-corrected chi connectivity index (χ1v) is 10.6. The minimum absolute atomic E-state index is 0.0418. The van der Waals surface area contributed by atoms with Crippen molar-refractivity contribution in [1.29, 1.82) is 0 Å². The third-order valence-corrected chi connectivity index (χ3v) is 5.79. The lowest BCUT2D eigenvalue weighted by atomic mass is 10.0. The Bertz CT molecular complexity index is 1140. The van der Waals surface area contributed by atoms with Gasteiger partial charge < -0.3 is 25.0 Å². The topological polar surface area (TPSA) is 91.5 Å². The Morgan fingerprint density at radius 3 is 2.75 bits per heavy atom. The second-order valence-electron chi connectivity index (χ2n) is 8.11. The lowest BCUT2D eigenvalue weighted by Gasteiger charge is -2.29. The number of halogens is 1. The summed E-state index contributed by atoms with van der Waals surface area (Å²) in [5.74, 6) is 1.03. The fourth-order valence-electron chi connectivity index (χ4n) is 3.94. The van der Waals surface area contributed by atoms with E-state index in [1.54, 1.807) is 6.07 Å². The van der Waals surface area contributed by atoms with Crippen molar-refractivity contribution < 1.29 is 18.7 Å². The van der Waals surface area contributed by atoms with E-state index in [0.717, 1.165) is 31.5 Å². The first-order valence-electron chi connectivity index (χ1n) is 10.6. The van der Waals surface area contributed by atoms with Crippen molar-refractivity contribution in [3.8, 4) is 22.8 Å². The minimum Gasteiger partial charge on any atom is -0.454 e. The summed E-state index contributed by atoms with van der Waals surface area (Å²) in [5.41, 5.74) is 2.13. The Morgan fingerprint density at radius 1 is 1.12 bits per heavy atom. The number of carbonyl (C=O) groups excluding carboxylic acids is 1. The molecule has 0 aliphatic carbocycles. The Balaban J connectivity index is 1.24. The van der Waals surface area contributed by atoms with Gasteiger partial charge in [0.05, 0.1) is 11.3 Å². The van der Waals surface area contributed by atoms with Crippen LogP contribution >= 0.6 is 0 Å². The lowest BCUT2D eigenvalue weighted by molar-refractivity contribution is 0.0913. The molecule has 0 unspecified atom stereocenters. The molecular formula is C23H24FN5O3. The van der Waals surface area contributed by atoms with Crippen molar-refractivity contribution in [2.45, 2.75) is 18.9 Å². The van der Waals surface area contributed by atoms with E-state index in [9.17, 15) is 9.18 Å².